The number of hydrogen-bond donors (Lipinski definition) is 2. The molecule has 1 aromatic heterocycles. The largest absolute Gasteiger partial charge is 0.397 e. The first-order valence-electron chi connectivity index (χ1n) is 6.80. The van der Waals surface area contributed by atoms with Crippen molar-refractivity contribution < 1.29 is 9.18 Å². The minimum atomic E-state index is -0.434. The topological polar surface area (TPSA) is 72.9 Å². The summed E-state index contributed by atoms with van der Waals surface area (Å²) in [6.07, 6.45) is 0.879. The molecule has 1 aromatic carbocycles. The molecule has 112 valence electrons. The average Bonchev–Trinajstić information content (AvgIpc) is 2.67. The van der Waals surface area contributed by atoms with Crippen molar-refractivity contribution in [1.29, 1.82) is 0 Å². The number of aromatic nitrogens is 2. The smallest absolute Gasteiger partial charge is 0.246 e. The van der Waals surface area contributed by atoms with Crippen molar-refractivity contribution in [3.63, 3.8) is 0 Å². The van der Waals surface area contributed by atoms with E-state index in [9.17, 15) is 9.18 Å². The summed E-state index contributed by atoms with van der Waals surface area (Å²) >= 11 is 0. The highest BCUT2D eigenvalue weighted by atomic mass is 19.1. The predicted octanol–water partition coefficient (Wildman–Crippen LogP) is 2.42. The maximum atomic E-state index is 13.0. The monoisotopic (exact) mass is 290 g/mol. The SMILES string of the molecule is CCc1c(C)nn(CC(=O)Nc2ccc(F)cc2N)c1C. The molecule has 0 radical (unpaired) electrons. The minimum Gasteiger partial charge on any atom is -0.397 e. The molecule has 1 amide bonds. The van der Waals surface area contributed by atoms with Gasteiger partial charge in [-0.05, 0) is 44.0 Å². The number of carbonyl (C=O) groups is 1. The van der Waals surface area contributed by atoms with Gasteiger partial charge in [-0.25, -0.2) is 4.39 Å². The summed E-state index contributed by atoms with van der Waals surface area (Å²) in [6, 6.07) is 3.87. The second kappa shape index (κ2) is 5.95. The fourth-order valence-electron chi connectivity index (χ4n) is 2.37. The van der Waals surface area contributed by atoms with Gasteiger partial charge in [0.1, 0.15) is 12.4 Å². The van der Waals surface area contributed by atoms with Crippen molar-refractivity contribution in [3.05, 3.63) is 41.0 Å². The van der Waals surface area contributed by atoms with Gasteiger partial charge in [-0.15, -0.1) is 0 Å². The van der Waals surface area contributed by atoms with Crippen molar-refractivity contribution in [2.24, 2.45) is 0 Å². The van der Waals surface area contributed by atoms with Crippen molar-refractivity contribution in [2.45, 2.75) is 33.7 Å². The van der Waals surface area contributed by atoms with Gasteiger partial charge in [0.2, 0.25) is 5.91 Å². The van der Waals surface area contributed by atoms with Gasteiger partial charge >= 0.3 is 0 Å². The van der Waals surface area contributed by atoms with Gasteiger partial charge < -0.3 is 11.1 Å². The van der Waals surface area contributed by atoms with E-state index in [-0.39, 0.29) is 18.1 Å². The summed E-state index contributed by atoms with van der Waals surface area (Å²) in [5.74, 6) is -0.682. The highest BCUT2D eigenvalue weighted by molar-refractivity contribution is 5.93. The molecular weight excluding hydrogens is 271 g/mol. The zero-order chi connectivity index (χ0) is 15.6. The molecule has 21 heavy (non-hydrogen) atoms. The van der Waals surface area contributed by atoms with E-state index in [4.69, 9.17) is 5.73 Å². The fourth-order valence-corrected chi connectivity index (χ4v) is 2.37. The van der Waals surface area contributed by atoms with E-state index < -0.39 is 5.82 Å². The van der Waals surface area contributed by atoms with Crippen LogP contribution in [0.1, 0.15) is 23.9 Å². The molecule has 5 nitrogen and oxygen atoms in total. The number of aryl methyl sites for hydroxylation is 1. The minimum absolute atomic E-state index is 0.101. The van der Waals surface area contributed by atoms with Crippen LogP contribution in [0.4, 0.5) is 15.8 Å². The van der Waals surface area contributed by atoms with E-state index in [2.05, 4.69) is 17.3 Å². The van der Waals surface area contributed by atoms with Crippen LogP contribution < -0.4 is 11.1 Å². The summed E-state index contributed by atoms with van der Waals surface area (Å²) in [7, 11) is 0. The Morgan fingerprint density at radius 2 is 2.14 bits per heavy atom. The zero-order valence-electron chi connectivity index (χ0n) is 12.4. The first-order chi connectivity index (χ1) is 9.92. The molecule has 6 heteroatoms. The highest BCUT2D eigenvalue weighted by Gasteiger charge is 2.13. The Labute approximate surface area is 123 Å². The Balaban J connectivity index is 2.12. The van der Waals surface area contributed by atoms with Crippen LogP contribution in [0.2, 0.25) is 0 Å². The third-order valence-corrected chi connectivity index (χ3v) is 3.47. The first kappa shape index (κ1) is 15.0. The Kier molecular flexibility index (Phi) is 4.26. The second-order valence-corrected chi connectivity index (χ2v) is 4.94. The van der Waals surface area contributed by atoms with Crippen LogP contribution in [-0.4, -0.2) is 15.7 Å². The lowest BCUT2D eigenvalue weighted by Crippen LogP contribution is -2.21. The lowest BCUT2D eigenvalue weighted by atomic mass is 10.1. The second-order valence-electron chi connectivity index (χ2n) is 4.94. The molecule has 3 N–H and O–H groups in total. The molecule has 0 aliphatic heterocycles. The van der Waals surface area contributed by atoms with Crippen LogP contribution in [0.5, 0.6) is 0 Å². The van der Waals surface area contributed by atoms with Crippen molar-refractivity contribution in [1.82, 2.24) is 9.78 Å². The molecule has 0 bridgehead atoms. The molecule has 0 spiro atoms. The first-order valence-corrected chi connectivity index (χ1v) is 6.80. The molecular formula is C15H19FN4O. The lowest BCUT2D eigenvalue weighted by Gasteiger charge is -2.09. The van der Waals surface area contributed by atoms with Crippen LogP contribution in [-0.2, 0) is 17.8 Å². The molecule has 0 saturated heterocycles. The number of halogens is 1. The molecule has 0 fully saturated rings. The number of hydrogen-bond acceptors (Lipinski definition) is 3. The average molecular weight is 290 g/mol. The van der Waals surface area contributed by atoms with E-state index in [1.54, 1.807) is 4.68 Å². The third kappa shape index (κ3) is 3.21. The Morgan fingerprint density at radius 3 is 2.71 bits per heavy atom. The zero-order valence-corrected chi connectivity index (χ0v) is 12.4. The predicted molar refractivity (Wildman–Crippen MR) is 80.5 cm³/mol. The summed E-state index contributed by atoms with van der Waals surface area (Å²) in [5, 5.41) is 7.03. The molecule has 0 atom stereocenters. The van der Waals surface area contributed by atoms with E-state index in [1.165, 1.54) is 18.2 Å². The summed E-state index contributed by atoms with van der Waals surface area (Å²) in [4.78, 5) is 12.1. The van der Waals surface area contributed by atoms with Gasteiger partial charge in [0.15, 0.2) is 0 Å². The van der Waals surface area contributed by atoms with Gasteiger partial charge in [-0.3, -0.25) is 9.48 Å². The molecule has 0 saturated carbocycles. The highest BCUT2D eigenvalue weighted by Crippen LogP contribution is 2.19. The van der Waals surface area contributed by atoms with Crippen LogP contribution in [0.3, 0.4) is 0 Å². The van der Waals surface area contributed by atoms with Crippen LogP contribution >= 0.6 is 0 Å². The molecule has 1 heterocycles. The number of nitrogen functional groups attached to an aromatic ring is 1. The molecule has 0 aliphatic rings. The van der Waals surface area contributed by atoms with E-state index in [0.717, 1.165) is 23.4 Å². The third-order valence-electron chi connectivity index (χ3n) is 3.47. The maximum Gasteiger partial charge on any atom is 0.246 e. The number of carbonyl (C=O) groups excluding carboxylic acids is 1. The van der Waals surface area contributed by atoms with E-state index in [1.807, 2.05) is 13.8 Å². The molecule has 2 rings (SSSR count). The molecule has 2 aromatic rings. The number of amides is 1. The number of nitrogens with two attached hydrogens (primary N) is 1. The fraction of sp³-hybridized carbons (Fsp3) is 0.333. The van der Waals surface area contributed by atoms with Crippen molar-refractivity contribution in [2.75, 3.05) is 11.1 Å². The Morgan fingerprint density at radius 1 is 1.43 bits per heavy atom. The van der Waals surface area contributed by atoms with Gasteiger partial charge in [0, 0.05) is 5.69 Å². The normalized spacial score (nSPS) is 10.7. The van der Waals surface area contributed by atoms with Gasteiger partial charge in [-0.1, -0.05) is 6.92 Å². The summed E-state index contributed by atoms with van der Waals surface area (Å²) in [6.45, 7) is 6.03. The Hall–Kier alpha value is -2.37. The quantitative estimate of drug-likeness (QED) is 0.849. The maximum absolute atomic E-state index is 13.0. The molecule has 0 aliphatic carbocycles. The van der Waals surface area contributed by atoms with Crippen LogP contribution in [0.15, 0.2) is 18.2 Å². The standard InChI is InChI=1S/C15H19FN4O/c1-4-12-9(2)19-20(10(12)3)8-15(21)18-14-6-5-11(16)7-13(14)17/h5-7H,4,8,17H2,1-3H3,(H,18,21). The number of anilines is 2. The van der Waals surface area contributed by atoms with Crippen LogP contribution in [0, 0.1) is 19.7 Å². The van der Waals surface area contributed by atoms with Gasteiger partial charge in [0.25, 0.3) is 0 Å². The van der Waals surface area contributed by atoms with Crippen molar-refractivity contribution in [3.8, 4) is 0 Å². The number of nitrogens with zero attached hydrogens (tertiary/aromatic N) is 2. The van der Waals surface area contributed by atoms with Crippen molar-refractivity contribution >= 4 is 17.3 Å². The van der Waals surface area contributed by atoms with Gasteiger partial charge in [-0.2, -0.15) is 5.10 Å². The summed E-state index contributed by atoms with van der Waals surface area (Å²) in [5.41, 5.74) is 9.34. The Bertz CT molecular complexity index is 679. The molecule has 0 unspecified atom stereocenters. The lowest BCUT2D eigenvalue weighted by molar-refractivity contribution is -0.116. The van der Waals surface area contributed by atoms with E-state index >= 15 is 0 Å². The van der Waals surface area contributed by atoms with Crippen LogP contribution in [0.25, 0.3) is 0 Å². The van der Waals surface area contributed by atoms with Gasteiger partial charge in [0.05, 0.1) is 17.1 Å². The number of benzene rings is 1. The van der Waals surface area contributed by atoms with E-state index in [0.29, 0.717) is 5.69 Å². The summed E-state index contributed by atoms with van der Waals surface area (Å²) < 4.78 is 14.6. The number of rotatable bonds is 4. The number of nitrogens with one attached hydrogen (secondary N) is 1.